The number of hydrogen-bond acceptors (Lipinski definition) is 1. The zero-order chi connectivity index (χ0) is 20.0. The van der Waals surface area contributed by atoms with E-state index < -0.39 is 0 Å². The van der Waals surface area contributed by atoms with E-state index in [1.165, 1.54) is 16.5 Å². The second kappa shape index (κ2) is 7.16. The van der Waals surface area contributed by atoms with Crippen LogP contribution in [0.2, 0.25) is 5.02 Å². The van der Waals surface area contributed by atoms with Gasteiger partial charge in [0.2, 0.25) is 11.8 Å². The topological polar surface area (TPSA) is 25.9 Å². The number of rotatable bonds is 3. The van der Waals surface area contributed by atoms with Crippen molar-refractivity contribution in [2.45, 2.75) is 25.3 Å². The van der Waals surface area contributed by atoms with Gasteiger partial charge in [0.1, 0.15) is 5.52 Å². The Labute approximate surface area is 175 Å². The van der Waals surface area contributed by atoms with Crippen molar-refractivity contribution in [3.05, 3.63) is 100 Å². The van der Waals surface area contributed by atoms with E-state index in [-0.39, 0.29) is 11.8 Å². The third-order valence-electron chi connectivity index (χ3n) is 5.96. The van der Waals surface area contributed by atoms with Crippen LogP contribution in [0.5, 0.6) is 0 Å². The zero-order valence-electron chi connectivity index (χ0n) is 16.3. The highest BCUT2D eigenvalue weighted by Crippen LogP contribution is 2.29. The Morgan fingerprint density at radius 2 is 1.97 bits per heavy atom. The van der Waals surface area contributed by atoms with Crippen LogP contribution in [0.4, 0.5) is 0 Å². The molecule has 2 aromatic heterocycles. The first kappa shape index (κ1) is 18.1. The van der Waals surface area contributed by atoms with Gasteiger partial charge in [-0.3, -0.25) is 4.79 Å². The summed E-state index contributed by atoms with van der Waals surface area (Å²) in [4.78, 5) is 13.2. The van der Waals surface area contributed by atoms with E-state index >= 15 is 0 Å². The molecule has 0 aliphatic heterocycles. The maximum atomic E-state index is 13.2. The average molecular weight is 402 g/mol. The number of aryl methyl sites for hydroxylation is 2. The minimum absolute atomic E-state index is 0.150. The Hall–Kier alpha value is -2.91. The minimum Gasteiger partial charge on any atom is -0.345 e. The lowest BCUT2D eigenvalue weighted by molar-refractivity contribution is -0.707. The van der Waals surface area contributed by atoms with Crippen molar-refractivity contribution in [1.82, 2.24) is 4.57 Å². The number of pyridine rings is 1. The Bertz CT molecular complexity index is 1230. The number of hydrogen-bond donors (Lipinski definition) is 0. The van der Waals surface area contributed by atoms with Gasteiger partial charge in [-0.15, -0.1) is 0 Å². The molecule has 4 heteroatoms. The van der Waals surface area contributed by atoms with Crippen LogP contribution in [0.15, 0.2) is 73.2 Å². The highest BCUT2D eigenvalue weighted by molar-refractivity contribution is 6.31. The minimum atomic E-state index is -0.183. The van der Waals surface area contributed by atoms with Crippen LogP contribution in [-0.4, -0.2) is 10.4 Å². The summed E-state index contributed by atoms with van der Waals surface area (Å²) in [7, 11) is 2.07. The maximum absolute atomic E-state index is 13.2. The van der Waals surface area contributed by atoms with E-state index in [4.69, 9.17) is 11.6 Å². The second-order valence-corrected chi connectivity index (χ2v) is 8.28. The summed E-state index contributed by atoms with van der Waals surface area (Å²) < 4.78 is 4.23. The molecule has 3 nitrogen and oxygen atoms in total. The fourth-order valence-corrected chi connectivity index (χ4v) is 4.63. The predicted octanol–water partition coefficient (Wildman–Crippen LogP) is 5.08. The first-order chi connectivity index (χ1) is 14.1. The van der Waals surface area contributed by atoms with Crippen molar-refractivity contribution in [2.75, 3.05) is 0 Å². The summed E-state index contributed by atoms with van der Waals surface area (Å²) >= 11 is 6.14. The number of carbonyl (C=O) groups excluding carboxylic acids is 1. The third-order valence-corrected chi connectivity index (χ3v) is 6.20. The molecule has 5 rings (SSSR count). The first-order valence-corrected chi connectivity index (χ1v) is 10.3. The van der Waals surface area contributed by atoms with Crippen molar-refractivity contribution in [2.24, 2.45) is 7.05 Å². The molecule has 2 aromatic carbocycles. The lowest BCUT2D eigenvalue weighted by Crippen LogP contribution is -2.45. The molecular formula is C25H22ClN2O+. The first-order valence-electron chi connectivity index (χ1n) is 9.95. The van der Waals surface area contributed by atoms with Crippen LogP contribution < -0.4 is 4.57 Å². The molecule has 1 aliphatic carbocycles. The van der Waals surface area contributed by atoms with Gasteiger partial charge in [0.15, 0.2) is 12.4 Å². The third kappa shape index (κ3) is 3.26. The molecule has 0 N–H and O–H groups in total. The van der Waals surface area contributed by atoms with E-state index in [0.717, 1.165) is 35.9 Å². The summed E-state index contributed by atoms with van der Waals surface area (Å²) in [6, 6.07) is 18.1. The smallest absolute Gasteiger partial charge is 0.230 e. The lowest BCUT2D eigenvalue weighted by atomic mass is 9.87. The average Bonchev–Trinajstić information content (AvgIpc) is 3.04. The zero-order valence-corrected chi connectivity index (χ0v) is 17.1. The fourth-order valence-electron chi connectivity index (χ4n) is 4.46. The number of halogens is 1. The number of aromatic nitrogens is 2. The Kier molecular flexibility index (Phi) is 4.48. The maximum Gasteiger partial charge on any atom is 0.230 e. The normalized spacial score (nSPS) is 16.2. The van der Waals surface area contributed by atoms with E-state index in [1.807, 2.05) is 24.3 Å². The van der Waals surface area contributed by atoms with Gasteiger partial charge in [0.25, 0.3) is 0 Å². The summed E-state index contributed by atoms with van der Waals surface area (Å²) in [5, 5.41) is 1.85. The van der Waals surface area contributed by atoms with Crippen LogP contribution in [0.3, 0.4) is 0 Å². The van der Waals surface area contributed by atoms with Crippen LogP contribution in [0.1, 0.15) is 39.5 Å². The lowest BCUT2D eigenvalue weighted by Gasteiger charge is -2.20. The molecule has 0 saturated carbocycles. The summed E-state index contributed by atoms with van der Waals surface area (Å²) in [5.41, 5.74) is 5.60. The summed E-state index contributed by atoms with van der Waals surface area (Å²) in [5.74, 6) is 0.150. The SMILES string of the molecule is Cn1cc(Cc2ccccc2)c2cc[n+](C3CCc4ccc(Cl)cc4C3=O)cc21. The van der Waals surface area contributed by atoms with E-state index in [0.29, 0.717) is 5.02 Å². The van der Waals surface area contributed by atoms with E-state index in [2.05, 4.69) is 65.1 Å². The largest absolute Gasteiger partial charge is 0.345 e. The standard InChI is InChI=1S/C25H22ClN2O/c1-27-15-19(13-17-5-3-2-4-6-17)21-11-12-28(16-24(21)27)23-10-8-18-7-9-20(26)14-22(18)25(23)29/h2-7,9,11-12,14-16,23H,8,10,13H2,1H3/q+1. The van der Waals surface area contributed by atoms with Crippen LogP contribution in [-0.2, 0) is 19.9 Å². The highest BCUT2D eigenvalue weighted by Gasteiger charge is 2.34. The van der Waals surface area contributed by atoms with Gasteiger partial charge in [-0.25, -0.2) is 0 Å². The van der Waals surface area contributed by atoms with E-state index in [9.17, 15) is 4.79 Å². The molecule has 1 unspecified atom stereocenters. The molecule has 0 bridgehead atoms. The molecule has 1 atom stereocenters. The van der Waals surface area contributed by atoms with Crippen LogP contribution in [0.25, 0.3) is 10.9 Å². The molecular weight excluding hydrogens is 380 g/mol. The number of carbonyl (C=O) groups is 1. The predicted molar refractivity (Wildman–Crippen MR) is 116 cm³/mol. The molecule has 0 amide bonds. The van der Waals surface area contributed by atoms with E-state index in [1.54, 1.807) is 0 Å². The highest BCUT2D eigenvalue weighted by atomic mass is 35.5. The van der Waals surface area contributed by atoms with Gasteiger partial charge in [0.05, 0.1) is 0 Å². The molecule has 0 spiro atoms. The van der Waals surface area contributed by atoms with Gasteiger partial charge in [-0.2, -0.15) is 4.57 Å². The fraction of sp³-hybridized carbons (Fsp3) is 0.200. The Morgan fingerprint density at radius 1 is 1.14 bits per heavy atom. The molecule has 29 heavy (non-hydrogen) atoms. The number of Topliss-reactive ketones (excluding diaryl/α,β-unsaturated/α-hetero) is 1. The molecule has 0 saturated heterocycles. The number of ketones is 1. The summed E-state index contributed by atoms with van der Waals surface area (Å²) in [6.45, 7) is 0. The van der Waals surface area contributed by atoms with Crippen molar-refractivity contribution in [3.63, 3.8) is 0 Å². The molecule has 1 aliphatic rings. The van der Waals surface area contributed by atoms with Gasteiger partial charge in [-0.05, 0) is 41.7 Å². The Morgan fingerprint density at radius 3 is 2.79 bits per heavy atom. The van der Waals surface area contributed by atoms with Crippen molar-refractivity contribution >= 4 is 28.3 Å². The van der Waals surface area contributed by atoms with Gasteiger partial charge in [0, 0.05) is 41.7 Å². The van der Waals surface area contributed by atoms with Crippen LogP contribution >= 0.6 is 11.6 Å². The summed E-state index contributed by atoms with van der Waals surface area (Å²) in [6.07, 6.45) is 8.96. The number of benzene rings is 2. The number of fused-ring (bicyclic) bond motifs is 2. The Balaban J connectivity index is 1.51. The van der Waals surface area contributed by atoms with Crippen molar-refractivity contribution in [3.8, 4) is 0 Å². The van der Waals surface area contributed by atoms with Crippen LogP contribution in [0, 0.1) is 0 Å². The van der Waals surface area contributed by atoms with Gasteiger partial charge >= 0.3 is 0 Å². The molecule has 0 fully saturated rings. The monoisotopic (exact) mass is 401 g/mol. The molecule has 144 valence electrons. The molecule has 0 radical (unpaired) electrons. The second-order valence-electron chi connectivity index (χ2n) is 7.84. The molecule has 2 heterocycles. The van der Waals surface area contributed by atoms with Gasteiger partial charge < -0.3 is 4.57 Å². The van der Waals surface area contributed by atoms with Gasteiger partial charge in [-0.1, -0.05) is 48.0 Å². The number of nitrogens with zero attached hydrogens (tertiary/aromatic N) is 2. The molecule has 4 aromatic rings. The van der Waals surface area contributed by atoms with Crippen molar-refractivity contribution in [1.29, 1.82) is 0 Å². The van der Waals surface area contributed by atoms with Crippen molar-refractivity contribution < 1.29 is 9.36 Å². The quantitative estimate of drug-likeness (QED) is 0.439.